The molecule has 2 amide bonds. The van der Waals surface area contributed by atoms with Crippen molar-refractivity contribution in [2.75, 3.05) is 18.8 Å². The Kier molecular flexibility index (Phi) is 5.76. The molecule has 0 radical (unpaired) electrons. The molecule has 0 atom stereocenters. The lowest BCUT2D eigenvalue weighted by molar-refractivity contribution is -0.147. The molecule has 4 aliphatic rings. The second kappa shape index (κ2) is 8.26. The molecule has 4 bridgehead atoms. The maximum absolute atomic E-state index is 12.8. The Morgan fingerprint density at radius 1 is 0.963 bits per heavy atom. The minimum absolute atomic E-state index is 0.0715. The van der Waals surface area contributed by atoms with Crippen molar-refractivity contribution in [3.05, 3.63) is 30.3 Å². The SMILES string of the molecule is O=C(CNC(=O)C12CC3CC(CC(C3)C1)C2)NCCCSc1ccccc1. The minimum Gasteiger partial charge on any atom is -0.355 e. The predicted octanol–water partition coefficient (Wildman–Crippen LogP) is 3.62. The fourth-order valence-electron chi connectivity index (χ4n) is 5.81. The van der Waals surface area contributed by atoms with Crippen molar-refractivity contribution in [1.82, 2.24) is 10.6 Å². The molecule has 0 aliphatic heterocycles. The lowest BCUT2D eigenvalue weighted by atomic mass is 9.49. The predicted molar refractivity (Wildman–Crippen MR) is 108 cm³/mol. The van der Waals surface area contributed by atoms with E-state index in [-0.39, 0.29) is 23.8 Å². The zero-order chi connectivity index (χ0) is 18.7. The number of amides is 2. The van der Waals surface area contributed by atoms with Gasteiger partial charge in [-0.2, -0.15) is 0 Å². The summed E-state index contributed by atoms with van der Waals surface area (Å²) in [5, 5.41) is 5.88. The van der Waals surface area contributed by atoms with Gasteiger partial charge < -0.3 is 10.6 Å². The third-order valence-corrected chi connectivity index (χ3v) is 7.68. The first kappa shape index (κ1) is 18.9. The van der Waals surface area contributed by atoms with Crippen LogP contribution in [0.3, 0.4) is 0 Å². The summed E-state index contributed by atoms with van der Waals surface area (Å²) in [5.41, 5.74) is -0.165. The first-order valence-corrected chi connectivity index (χ1v) is 11.3. The zero-order valence-corrected chi connectivity index (χ0v) is 16.7. The maximum atomic E-state index is 12.8. The van der Waals surface area contributed by atoms with Gasteiger partial charge in [-0.15, -0.1) is 11.8 Å². The quantitative estimate of drug-likeness (QED) is 0.530. The average molecular weight is 387 g/mol. The number of hydrogen-bond acceptors (Lipinski definition) is 3. The molecule has 5 rings (SSSR count). The third-order valence-electron chi connectivity index (χ3n) is 6.58. The molecule has 0 heterocycles. The Bertz CT molecular complexity index is 641. The molecule has 4 nitrogen and oxygen atoms in total. The Balaban J connectivity index is 1.14. The average Bonchev–Trinajstić information content (AvgIpc) is 2.65. The van der Waals surface area contributed by atoms with Crippen LogP contribution in [-0.4, -0.2) is 30.7 Å². The van der Waals surface area contributed by atoms with Crippen molar-refractivity contribution in [2.24, 2.45) is 23.2 Å². The van der Waals surface area contributed by atoms with E-state index < -0.39 is 0 Å². The molecule has 0 unspecified atom stereocenters. The fourth-order valence-corrected chi connectivity index (χ4v) is 6.68. The van der Waals surface area contributed by atoms with E-state index in [1.54, 1.807) is 11.8 Å². The van der Waals surface area contributed by atoms with Crippen molar-refractivity contribution >= 4 is 23.6 Å². The van der Waals surface area contributed by atoms with Gasteiger partial charge in [0.15, 0.2) is 0 Å². The summed E-state index contributed by atoms with van der Waals surface area (Å²) < 4.78 is 0. The van der Waals surface area contributed by atoms with E-state index in [9.17, 15) is 9.59 Å². The van der Waals surface area contributed by atoms with Crippen molar-refractivity contribution < 1.29 is 9.59 Å². The highest BCUT2D eigenvalue weighted by atomic mass is 32.2. The Morgan fingerprint density at radius 3 is 2.22 bits per heavy atom. The first-order chi connectivity index (χ1) is 13.1. The lowest BCUT2D eigenvalue weighted by Gasteiger charge is -2.55. The van der Waals surface area contributed by atoms with Gasteiger partial charge in [-0.25, -0.2) is 0 Å². The van der Waals surface area contributed by atoms with Gasteiger partial charge in [0.05, 0.1) is 6.54 Å². The van der Waals surface area contributed by atoms with E-state index in [1.807, 2.05) is 18.2 Å². The van der Waals surface area contributed by atoms with Crippen LogP contribution >= 0.6 is 11.8 Å². The highest BCUT2D eigenvalue weighted by Crippen LogP contribution is 2.60. The van der Waals surface area contributed by atoms with Crippen LogP contribution in [0.4, 0.5) is 0 Å². The number of rotatable bonds is 8. The number of nitrogens with one attached hydrogen (secondary N) is 2. The van der Waals surface area contributed by atoms with Crippen LogP contribution < -0.4 is 10.6 Å². The Labute approximate surface area is 166 Å². The molecule has 4 aliphatic carbocycles. The second-order valence-corrected chi connectivity index (χ2v) is 9.91. The molecule has 27 heavy (non-hydrogen) atoms. The third kappa shape index (κ3) is 4.50. The van der Waals surface area contributed by atoms with E-state index in [2.05, 4.69) is 22.8 Å². The van der Waals surface area contributed by atoms with Gasteiger partial charge >= 0.3 is 0 Å². The molecule has 0 aromatic heterocycles. The van der Waals surface area contributed by atoms with E-state index in [0.29, 0.717) is 6.54 Å². The monoisotopic (exact) mass is 386 g/mol. The van der Waals surface area contributed by atoms with Crippen molar-refractivity contribution in [2.45, 2.75) is 49.8 Å². The molecule has 4 fully saturated rings. The molecule has 1 aromatic carbocycles. The summed E-state index contributed by atoms with van der Waals surface area (Å²) >= 11 is 1.80. The molecule has 5 heteroatoms. The van der Waals surface area contributed by atoms with E-state index >= 15 is 0 Å². The van der Waals surface area contributed by atoms with E-state index in [0.717, 1.165) is 49.2 Å². The summed E-state index contributed by atoms with van der Waals surface area (Å²) in [6.45, 7) is 0.776. The highest BCUT2D eigenvalue weighted by molar-refractivity contribution is 7.99. The lowest BCUT2D eigenvalue weighted by Crippen LogP contribution is -2.54. The summed E-state index contributed by atoms with van der Waals surface area (Å²) in [5.74, 6) is 3.28. The van der Waals surface area contributed by atoms with Crippen LogP contribution in [-0.2, 0) is 9.59 Å². The number of benzene rings is 1. The first-order valence-electron chi connectivity index (χ1n) is 10.4. The van der Waals surface area contributed by atoms with Crippen LogP contribution in [0.2, 0.25) is 0 Å². The van der Waals surface area contributed by atoms with Crippen LogP contribution in [0.5, 0.6) is 0 Å². The van der Waals surface area contributed by atoms with Gasteiger partial charge in [0.25, 0.3) is 0 Å². The van der Waals surface area contributed by atoms with Crippen molar-refractivity contribution in [1.29, 1.82) is 0 Å². The highest BCUT2D eigenvalue weighted by Gasteiger charge is 2.54. The normalized spacial score (nSPS) is 30.9. The van der Waals surface area contributed by atoms with Crippen LogP contribution in [0.15, 0.2) is 35.2 Å². The molecule has 0 spiro atoms. The topological polar surface area (TPSA) is 58.2 Å². The number of carbonyl (C=O) groups is 2. The molecule has 4 saturated carbocycles. The molecule has 146 valence electrons. The molecular weight excluding hydrogens is 356 g/mol. The minimum atomic E-state index is -0.165. The van der Waals surface area contributed by atoms with Gasteiger partial charge in [0.2, 0.25) is 11.8 Å². The number of thioether (sulfide) groups is 1. The van der Waals surface area contributed by atoms with Gasteiger partial charge in [0.1, 0.15) is 0 Å². The van der Waals surface area contributed by atoms with Crippen molar-refractivity contribution in [3.63, 3.8) is 0 Å². The van der Waals surface area contributed by atoms with Crippen molar-refractivity contribution in [3.8, 4) is 0 Å². The Morgan fingerprint density at radius 2 is 1.59 bits per heavy atom. The smallest absolute Gasteiger partial charge is 0.239 e. The van der Waals surface area contributed by atoms with Gasteiger partial charge in [-0.1, -0.05) is 18.2 Å². The summed E-state index contributed by atoms with van der Waals surface area (Å²) in [6.07, 6.45) is 8.04. The molecule has 2 N–H and O–H groups in total. The summed E-state index contributed by atoms with van der Waals surface area (Å²) in [7, 11) is 0. The van der Waals surface area contributed by atoms with Crippen LogP contribution in [0.25, 0.3) is 0 Å². The number of hydrogen-bond donors (Lipinski definition) is 2. The Hall–Kier alpha value is -1.49. The van der Waals surface area contributed by atoms with Crippen LogP contribution in [0, 0.1) is 23.2 Å². The van der Waals surface area contributed by atoms with E-state index in [1.165, 1.54) is 24.2 Å². The molecular formula is C22H30N2O2S. The molecule has 0 saturated heterocycles. The van der Waals surface area contributed by atoms with Gasteiger partial charge in [-0.3, -0.25) is 9.59 Å². The summed E-state index contributed by atoms with van der Waals surface area (Å²) in [6, 6.07) is 10.3. The maximum Gasteiger partial charge on any atom is 0.239 e. The second-order valence-electron chi connectivity index (χ2n) is 8.75. The molecule has 1 aromatic rings. The van der Waals surface area contributed by atoms with Gasteiger partial charge in [-0.05, 0) is 80.6 Å². The largest absolute Gasteiger partial charge is 0.355 e. The zero-order valence-electron chi connectivity index (χ0n) is 15.9. The summed E-state index contributed by atoms with van der Waals surface area (Å²) in [4.78, 5) is 26.2. The fraction of sp³-hybridized carbons (Fsp3) is 0.636. The van der Waals surface area contributed by atoms with E-state index in [4.69, 9.17) is 0 Å². The number of carbonyl (C=O) groups excluding carboxylic acids is 2. The van der Waals surface area contributed by atoms with Crippen LogP contribution in [0.1, 0.15) is 44.9 Å². The van der Waals surface area contributed by atoms with Gasteiger partial charge in [0, 0.05) is 16.9 Å². The standard InChI is InChI=1S/C22H30N2O2S/c25-20(23-7-4-8-27-19-5-2-1-3-6-19)15-24-21(26)22-12-16-9-17(13-22)11-18(10-16)14-22/h1-3,5-6,16-18H,4,7-15H2,(H,23,25)(H,24,26).